The number of rotatable bonds is 3. The van der Waals surface area contributed by atoms with Gasteiger partial charge in [0.2, 0.25) is 0 Å². The van der Waals surface area contributed by atoms with Gasteiger partial charge in [-0.1, -0.05) is 72.1 Å². The first-order chi connectivity index (χ1) is 17.3. The third-order valence-corrected chi connectivity index (χ3v) is 7.21. The molecule has 0 bridgehead atoms. The van der Waals surface area contributed by atoms with E-state index in [-0.39, 0.29) is 25.8 Å². The SMILES string of the molecule is CCc1cccc(C)c1N1C(=O)C(Cl)=C(Cl)C1=O.N#Cc1c(-c2ccc(Cl)cc2)[nH]c(C(F)(F)F)c1Br. The number of nitrogens with zero attached hydrogens (tertiary/aromatic N) is 2. The van der Waals surface area contributed by atoms with Crippen LogP contribution in [0.2, 0.25) is 5.02 Å². The molecule has 0 fully saturated rings. The lowest BCUT2D eigenvalue weighted by Gasteiger charge is -2.20. The number of aromatic amines is 1. The van der Waals surface area contributed by atoms with Gasteiger partial charge >= 0.3 is 6.18 Å². The second-order valence-electron chi connectivity index (χ2n) is 7.69. The van der Waals surface area contributed by atoms with Crippen molar-refractivity contribution in [3.8, 4) is 17.3 Å². The molecule has 2 aromatic carbocycles. The van der Waals surface area contributed by atoms with Crippen LogP contribution < -0.4 is 4.90 Å². The molecule has 0 unspecified atom stereocenters. The van der Waals surface area contributed by atoms with E-state index in [2.05, 4.69) is 20.9 Å². The van der Waals surface area contributed by atoms with Crippen LogP contribution >= 0.6 is 50.7 Å². The predicted molar refractivity (Wildman–Crippen MR) is 140 cm³/mol. The molecule has 0 atom stereocenters. The van der Waals surface area contributed by atoms with Crippen molar-refractivity contribution in [2.75, 3.05) is 4.90 Å². The zero-order valence-electron chi connectivity index (χ0n) is 19.1. The van der Waals surface area contributed by atoms with E-state index in [0.717, 1.165) is 16.0 Å². The molecule has 5 nitrogen and oxygen atoms in total. The Morgan fingerprint density at radius 3 is 2.08 bits per heavy atom. The molecule has 192 valence electrons. The monoisotopic (exact) mass is 631 g/mol. The van der Waals surface area contributed by atoms with Gasteiger partial charge in [0, 0.05) is 5.02 Å². The Morgan fingerprint density at radius 1 is 1.03 bits per heavy atom. The summed E-state index contributed by atoms with van der Waals surface area (Å²) in [4.78, 5) is 27.2. The fraction of sp³-hybridized carbons (Fsp3) is 0.160. The highest BCUT2D eigenvalue weighted by atomic mass is 79.9. The standard InChI is InChI=1S/C13H11Cl2NO2.C12H5BrClF3N2/c1-3-8-6-4-5-7(2)11(8)16-12(17)9(14)10(15)13(16)18;13-9-8(5-18)10(19-11(9)12(15,16)17)6-1-3-7(14)4-2-6/h4-6H,3H2,1-2H3;1-4,19H. The van der Waals surface area contributed by atoms with E-state index in [9.17, 15) is 22.8 Å². The van der Waals surface area contributed by atoms with Crippen LogP contribution in [-0.2, 0) is 22.2 Å². The molecule has 2 amide bonds. The molecule has 12 heteroatoms. The summed E-state index contributed by atoms with van der Waals surface area (Å²) in [6.45, 7) is 3.80. The number of para-hydroxylation sites is 1. The Hall–Kier alpha value is -2.77. The number of carbonyl (C=O) groups is 2. The molecule has 0 aliphatic carbocycles. The minimum absolute atomic E-state index is 0.0883. The molecule has 0 saturated carbocycles. The van der Waals surface area contributed by atoms with Crippen molar-refractivity contribution in [2.24, 2.45) is 0 Å². The lowest BCUT2D eigenvalue weighted by atomic mass is 10.0. The molecule has 2 heterocycles. The molecule has 0 spiro atoms. The number of imide groups is 1. The number of carbonyl (C=O) groups excluding carboxylic acids is 2. The highest BCUT2D eigenvalue weighted by Crippen LogP contribution is 2.40. The van der Waals surface area contributed by atoms with Crippen molar-refractivity contribution in [1.82, 2.24) is 4.98 Å². The van der Waals surface area contributed by atoms with Gasteiger partial charge in [-0.05, 0) is 58.1 Å². The van der Waals surface area contributed by atoms with E-state index in [1.807, 2.05) is 32.0 Å². The predicted octanol–water partition coefficient (Wildman–Crippen LogP) is 8.11. The maximum Gasteiger partial charge on any atom is 0.432 e. The van der Waals surface area contributed by atoms with E-state index in [0.29, 0.717) is 22.7 Å². The molecule has 4 rings (SSSR count). The van der Waals surface area contributed by atoms with Crippen LogP contribution in [-0.4, -0.2) is 16.8 Å². The van der Waals surface area contributed by atoms with Gasteiger partial charge in [0.05, 0.1) is 21.4 Å². The van der Waals surface area contributed by atoms with Crippen LogP contribution in [0.25, 0.3) is 11.3 Å². The number of H-pyrrole nitrogens is 1. The minimum atomic E-state index is -4.56. The van der Waals surface area contributed by atoms with Crippen molar-refractivity contribution >= 4 is 68.2 Å². The number of aryl methyl sites for hydroxylation is 2. The van der Waals surface area contributed by atoms with Gasteiger partial charge in [-0.15, -0.1) is 0 Å². The van der Waals surface area contributed by atoms with Crippen molar-refractivity contribution < 1.29 is 22.8 Å². The van der Waals surface area contributed by atoms with Crippen molar-refractivity contribution in [2.45, 2.75) is 26.4 Å². The third-order valence-electron chi connectivity index (χ3n) is 5.37. The summed E-state index contributed by atoms with van der Waals surface area (Å²) in [5.41, 5.74) is 1.84. The van der Waals surface area contributed by atoms with E-state index in [1.165, 1.54) is 0 Å². The first-order valence-corrected chi connectivity index (χ1v) is 12.4. The number of anilines is 1. The Bertz CT molecular complexity index is 1430. The van der Waals surface area contributed by atoms with Crippen molar-refractivity contribution in [3.63, 3.8) is 0 Å². The van der Waals surface area contributed by atoms with Crippen LogP contribution in [0.3, 0.4) is 0 Å². The van der Waals surface area contributed by atoms with Gasteiger partial charge in [0.25, 0.3) is 11.8 Å². The van der Waals surface area contributed by atoms with Crippen LogP contribution in [0.5, 0.6) is 0 Å². The summed E-state index contributed by atoms with van der Waals surface area (Å²) in [5.74, 6) is -1.12. The number of nitriles is 1. The normalized spacial score (nSPS) is 13.6. The number of nitrogens with one attached hydrogen (secondary N) is 1. The van der Waals surface area contributed by atoms with Crippen LogP contribution in [0.15, 0.2) is 57.0 Å². The van der Waals surface area contributed by atoms with E-state index in [4.69, 9.17) is 40.1 Å². The average molecular weight is 634 g/mol. The summed E-state index contributed by atoms with van der Waals surface area (Å²) < 4.78 is 38.0. The Kier molecular flexibility index (Phi) is 8.81. The number of alkyl halides is 3. The smallest absolute Gasteiger partial charge is 0.349 e. The lowest BCUT2D eigenvalue weighted by molar-refractivity contribution is -0.141. The van der Waals surface area contributed by atoms with Gasteiger partial charge in [-0.25, -0.2) is 4.90 Å². The third kappa shape index (κ3) is 5.73. The first-order valence-electron chi connectivity index (χ1n) is 10.5. The largest absolute Gasteiger partial charge is 0.432 e. The second kappa shape index (κ2) is 11.3. The molecular formula is C25H16BrCl3F3N3O2. The average Bonchev–Trinajstić information content (AvgIpc) is 3.29. The lowest BCUT2D eigenvalue weighted by Crippen LogP contribution is -2.32. The van der Waals surface area contributed by atoms with Gasteiger partial charge in [-0.2, -0.15) is 18.4 Å². The van der Waals surface area contributed by atoms with Crippen molar-refractivity contribution in [1.29, 1.82) is 5.26 Å². The summed E-state index contributed by atoms with van der Waals surface area (Å²) in [7, 11) is 0. The molecule has 1 aliphatic rings. The quantitative estimate of drug-likeness (QED) is 0.296. The van der Waals surface area contributed by atoms with E-state index in [1.54, 1.807) is 30.3 Å². The second-order valence-corrected chi connectivity index (χ2v) is 9.68. The number of halogens is 7. The Morgan fingerprint density at radius 2 is 1.59 bits per heavy atom. The fourth-order valence-electron chi connectivity index (χ4n) is 3.61. The number of benzene rings is 2. The Labute approximate surface area is 233 Å². The van der Waals surface area contributed by atoms with E-state index >= 15 is 0 Å². The maximum atomic E-state index is 12.8. The van der Waals surface area contributed by atoms with Gasteiger partial charge < -0.3 is 4.98 Å². The van der Waals surface area contributed by atoms with Gasteiger partial charge in [0.1, 0.15) is 21.8 Å². The Balaban J connectivity index is 0.000000206. The summed E-state index contributed by atoms with van der Waals surface area (Å²) in [5, 5.41) is 9.03. The first kappa shape index (κ1) is 28.8. The topological polar surface area (TPSA) is 77.0 Å². The summed E-state index contributed by atoms with van der Waals surface area (Å²) in [6, 6.07) is 13.5. The number of aromatic nitrogens is 1. The highest BCUT2D eigenvalue weighted by Gasteiger charge is 2.39. The molecule has 3 aromatic rings. The van der Waals surface area contributed by atoms with Crippen LogP contribution in [0, 0.1) is 18.3 Å². The van der Waals surface area contributed by atoms with Crippen LogP contribution in [0.1, 0.15) is 29.3 Å². The van der Waals surface area contributed by atoms with E-state index < -0.39 is 23.7 Å². The number of hydrogen-bond acceptors (Lipinski definition) is 3. The molecule has 1 aromatic heterocycles. The number of hydrogen-bond donors (Lipinski definition) is 1. The zero-order chi connectivity index (χ0) is 27.7. The summed E-state index contributed by atoms with van der Waals surface area (Å²) in [6.07, 6.45) is -3.85. The number of amides is 2. The van der Waals surface area contributed by atoms with Gasteiger partial charge in [0.15, 0.2) is 0 Å². The summed E-state index contributed by atoms with van der Waals surface area (Å²) >= 11 is 20.0. The molecule has 1 aliphatic heterocycles. The van der Waals surface area contributed by atoms with Crippen LogP contribution in [0.4, 0.5) is 18.9 Å². The fourth-order valence-corrected chi connectivity index (χ4v) is 4.68. The zero-order valence-corrected chi connectivity index (χ0v) is 23.0. The maximum absolute atomic E-state index is 12.8. The van der Waals surface area contributed by atoms with Crippen molar-refractivity contribution in [3.05, 3.63) is 84.4 Å². The molecular weight excluding hydrogens is 618 g/mol. The molecule has 1 N–H and O–H groups in total. The van der Waals surface area contributed by atoms with Gasteiger partial charge in [-0.3, -0.25) is 9.59 Å². The highest BCUT2D eigenvalue weighted by molar-refractivity contribution is 9.10. The molecule has 0 radical (unpaired) electrons. The molecule has 0 saturated heterocycles. The minimum Gasteiger partial charge on any atom is -0.349 e. The molecule has 37 heavy (non-hydrogen) atoms.